The van der Waals surface area contributed by atoms with Crippen molar-refractivity contribution in [1.82, 2.24) is 14.8 Å². The molecule has 0 aliphatic carbocycles. The lowest BCUT2D eigenvalue weighted by Gasteiger charge is -2.39. The lowest BCUT2D eigenvalue weighted by molar-refractivity contribution is 0.223. The molecular weight excluding hydrogens is 487 g/mol. The van der Waals surface area contributed by atoms with E-state index in [1.54, 1.807) is 19.2 Å². The van der Waals surface area contributed by atoms with Crippen LogP contribution in [0, 0.1) is 5.82 Å². The Kier molecular flexibility index (Phi) is 4.69. The zero-order chi connectivity index (χ0) is 22.5. The predicted octanol–water partition coefficient (Wildman–Crippen LogP) is 5.75. The third kappa shape index (κ3) is 3.21. The highest BCUT2D eigenvalue weighted by Gasteiger charge is 2.41. The number of nitrogens with one attached hydrogen (secondary N) is 1. The number of para-hydroxylation sites is 1. The van der Waals surface area contributed by atoms with Crippen LogP contribution in [0.15, 0.2) is 83.1 Å². The minimum absolute atomic E-state index is 0.292. The van der Waals surface area contributed by atoms with E-state index >= 15 is 0 Å². The van der Waals surface area contributed by atoms with Crippen LogP contribution in [0.25, 0.3) is 5.70 Å². The number of fused-ring (bicyclic) bond motifs is 3. The van der Waals surface area contributed by atoms with Gasteiger partial charge in [0.05, 0.1) is 17.3 Å². The van der Waals surface area contributed by atoms with Gasteiger partial charge in [-0.05, 0) is 63.5 Å². The Labute approximate surface area is 197 Å². The molecule has 0 saturated heterocycles. The van der Waals surface area contributed by atoms with Crippen LogP contribution in [0.3, 0.4) is 0 Å². The number of methoxy groups -OCH3 is 1. The molecule has 4 aromatic rings. The van der Waals surface area contributed by atoms with E-state index in [1.807, 2.05) is 47.1 Å². The molecule has 6 nitrogen and oxygen atoms in total. The van der Waals surface area contributed by atoms with Crippen molar-refractivity contribution in [1.29, 1.82) is 0 Å². The van der Waals surface area contributed by atoms with E-state index in [1.165, 1.54) is 18.5 Å². The summed E-state index contributed by atoms with van der Waals surface area (Å²) in [5, 5.41) is 7.98. The molecular formula is C25H18BrFN4O2. The van der Waals surface area contributed by atoms with Crippen LogP contribution in [-0.4, -0.2) is 21.9 Å². The largest absolute Gasteiger partial charge is 0.496 e. The van der Waals surface area contributed by atoms with Gasteiger partial charge < -0.3 is 14.8 Å². The molecule has 0 amide bonds. The highest BCUT2D eigenvalue weighted by Crippen LogP contribution is 2.51. The van der Waals surface area contributed by atoms with Gasteiger partial charge in [-0.25, -0.2) is 9.07 Å². The zero-order valence-electron chi connectivity index (χ0n) is 17.5. The molecule has 1 aromatic heterocycles. The number of hydrogen-bond acceptors (Lipinski definition) is 5. The van der Waals surface area contributed by atoms with Crippen LogP contribution >= 0.6 is 15.9 Å². The third-order valence-electron chi connectivity index (χ3n) is 5.99. The van der Waals surface area contributed by atoms with Crippen molar-refractivity contribution >= 4 is 27.6 Å². The summed E-state index contributed by atoms with van der Waals surface area (Å²) in [6.45, 7) is 0. The molecule has 8 heteroatoms. The fraction of sp³-hybridized carbons (Fsp3) is 0.120. The van der Waals surface area contributed by atoms with E-state index < -0.39 is 6.10 Å². The maximum absolute atomic E-state index is 13.7. The van der Waals surface area contributed by atoms with Crippen molar-refractivity contribution in [3.63, 3.8) is 0 Å². The average molecular weight is 505 g/mol. The van der Waals surface area contributed by atoms with E-state index in [0.717, 1.165) is 43.9 Å². The standard InChI is InChI=1S/C25H18BrFN4O2/c1-32-20-11-8-15(12-18(20)26)23-21-22(30-25-28-13-29-31(23)25)17-4-2-3-5-19(17)33-24(21)14-6-9-16(27)10-7-14/h2-13,23-24H,1H3,(H,28,29,30)/t23-,24+/m0/s1. The Bertz CT molecular complexity index is 1400. The van der Waals surface area contributed by atoms with Crippen molar-refractivity contribution in [2.24, 2.45) is 0 Å². The number of rotatable bonds is 3. The summed E-state index contributed by atoms with van der Waals surface area (Å²) >= 11 is 3.61. The predicted molar refractivity (Wildman–Crippen MR) is 126 cm³/mol. The second kappa shape index (κ2) is 7.74. The molecule has 1 N–H and O–H groups in total. The van der Waals surface area contributed by atoms with E-state index in [2.05, 4.69) is 31.3 Å². The highest BCUT2D eigenvalue weighted by atomic mass is 79.9. The first-order valence-electron chi connectivity index (χ1n) is 10.4. The van der Waals surface area contributed by atoms with Crippen molar-refractivity contribution in [3.8, 4) is 11.5 Å². The summed E-state index contributed by atoms with van der Waals surface area (Å²) in [5.41, 5.74) is 4.66. The van der Waals surface area contributed by atoms with E-state index in [4.69, 9.17) is 9.47 Å². The molecule has 3 heterocycles. The topological polar surface area (TPSA) is 61.2 Å². The lowest BCUT2D eigenvalue weighted by Crippen LogP contribution is -2.32. The number of aromatic nitrogens is 3. The van der Waals surface area contributed by atoms with E-state index in [-0.39, 0.29) is 11.9 Å². The quantitative estimate of drug-likeness (QED) is 0.385. The lowest BCUT2D eigenvalue weighted by atomic mass is 9.84. The molecule has 0 radical (unpaired) electrons. The Morgan fingerprint density at radius 1 is 1.06 bits per heavy atom. The number of hydrogen-bond donors (Lipinski definition) is 1. The van der Waals surface area contributed by atoms with Gasteiger partial charge >= 0.3 is 0 Å². The smallest absolute Gasteiger partial charge is 0.226 e. The van der Waals surface area contributed by atoms with Gasteiger partial charge in [0.1, 0.15) is 35.8 Å². The Balaban J connectivity index is 1.61. The van der Waals surface area contributed by atoms with Gasteiger partial charge in [-0.1, -0.05) is 30.3 Å². The molecule has 2 atom stereocenters. The van der Waals surface area contributed by atoms with Gasteiger partial charge in [0.15, 0.2) is 0 Å². The highest BCUT2D eigenvalue weighted by molar-refractivity contribution is 9.10. The average Bonchev–Trinajstić information content (AvgIpc) is 3.31. The fourth-order valence-electron chi connectivity index (χ4n) is 4.50. The molecule has 0 fully saturated rings. The number of nitrogens with zero attached hydrogens (tertiary/aromatic N) is 3. The summed E-state index contributed by atoms with van der Waals surface area (Å²) in [6, 6.07) is 20.0. The molecule has 3 aromatic carbocycles. The van der Waals surface area contributed by atoms with Gasteiger partial charge in [-0.3, -0.25) is 0 Å². The SMILES string of the molecule is COc1ccc([C@H]2C3=C(Nc4ncnn42)c2ccccc2O[C@@H]3c2ccc(F)cc2)cc1Br. The second-order valence-corrected chi connectivity index (χ2v) is 8.68. The van der Waals surface area contributed by atoms with Gasteiger partial charge in [-0.2, -0.15) is 10.1 Å². The fourth-order valence-corrected chi connectivity index (χ4v) is 5.06. The Morgan fingerprint density at radius 2 is 1.85 bits per heavy atom. The molecule has 0 spiro atoms. The Hall–Kier alpha value is -3.65. The zero-order valence-corrected chi connectivity index (χ0v) is 19.1. The van der Waals surface area contributed by atoms with Crippen molar-refractivity contribution < 1.29 is 13.9 Å². The van der Waals surface area contributed by atoms with Gasteiger partial charge in [-0.15, -0.1) is 0 Å². The number of benzene rings is 3. The molecule has 6 rings (SSSR count). The van der Waals surface area contributed by atoms with E-state index in [0.29, 0.717) is 5.95 Å². The van der Waals surface area contributed by atoms with Crippen LogP contribution in [0.4, 0.5) is 10.3 Å². The molecule has 0 saturated carbocycles. The minimum Gasteiger partial charge on any atom is -0.496 e. The minimum atomic E-state index is -0.453. The summed E-state index contributed by atoms with van der Waals surface area (Å²) in [4.78, 5) is 4.44. The van der Waals surface area contributed by atoms with Gasteiger partial charge in [0.25, 0.3) is 0 Å². The number of anilines is 1. The summed E-state index contributed by atoms with van der Waals surface area (Å²) in [5.74, 6) is 1.84. The summed E-state index contributed by atoms with van der Waals surface area (Å²) in [6.07, 6.45) is 1.08. The van der Waals surface area contributed by atoms with Crippen molar-refractivity contribution in [2.45, 2.75) is 12.1 Å². The normalized spacial score (nSPS) is 18.5. The first-order valence-corrected chi connectivity index (χ1v) is 11.2. The molecule has 2 aliphatic rings. The Morgan fingerprint density at radius 3 is 2.64 bits per heavy atom. The third-order valence-corrected chi connectivity index (χ3v) is 6.61. The second-order valence-electron chi connectivity index (χ2n) is 7.83. The van der Waals surface area contributed by atoms with Crippen LogP contribution in [-0.2, 0) is 0 Å². The molecule has 0 bridgehead atoms. The summed E-state index contributed by atoms with van der Waals surface area (Å²) in [7, 11) is 1.64. The van der Waals surface area contributed by atoms with Gasteiger partial charge in [0, 0.05) is 11.1 Å². The molecule has 2 aliphatic heterocycles. The van der Waals surface area contributed by atoms with Gasteiger partial charge in [0.2, 0.25) is 5.95 Å². The van der Waals surface area contributed by atoms with E-state index in [9.17, 15) is 4.39 Å². The monoisotopic (exact) mass is 504 g/mol. The van der Waals surface area contributed by atoms with Crippen molar-refractivity contribution in [3.05, 3.63) is 106 Å². The van der Waals surface area contributed by atoms with Crippen LogP contribution in [0.1, 0.15) is 28.8 Å². The molecule has 0 unspecified atom stereocenters. The summed E-state index contributed by atoms with van der Waals surface area (Å²) < 4.78 is 28.4. The van der Waals surface area contributed by atoms with Crippen molar-refractivity contribution in [2.75, 3.05) is 12.4 Å². The maximum atomic E-state index is 13.7. The van der Waals surface area contributed by atoms with Crippen LogP contribution in [0.5, 0.6) is 11.5 Å². The molecule has 33 heavy (non-hydrogen) atoms. The number of ether oxygens (including phenoxy) is 2. The first kappa shape index (κ1) is 20.0. The molecule has 164 valence electrons. The maximum Gasteiger partial charge on any atom is 0.226 e. The first-order chi connectivity index (χ1) is 16.1. The van der Waals surface area contributed by atoms with Crippen LogP contribution in [0.2, 0.25) is 0 Å². The number of halogens is 2. The van der Waals surface area contributed by atoms with Crippen LogP contribution < -0.4 is 14.8 Å².